The van der Waals surface area contributed by atoms with Crippen molar-refractivity contribution in [1.29, 1.82) is 0 Å². The van der Waals surface area contributed by atoms with E-state index < -0.39 is 0 Å². The van der Waals surface area contributed by atoms with Crippen LogP contribution in [0.3, 0.4) is 0 Å². The summed E-state index contributed by atoms with van der Waals surface area (Å²) in [6, 6.07) is 0.696. The Bertz CT molecular complexity index is 359. The van der Waals surface area contributed by atoms with Gasteiger partial charge in [0.15, 0.2) is 0 Å². The summed E-state index contributed by atoms with van der Waals surface area (Å²) in [6.07, 6.45) is 2.58. The largest absolute Gasteiger partial charge is 0.308 e. The molecule has 0 radical (unpaired) electrons. The molecule has 2 unspecified atom stereocenters. The maximum Gasteiger partial charge on any atom is 0.0860 e. The van der Waals surface area contributed by atoms with E-state index in [4.69, 9.17) is 11.6 Å². The van der Waals surface area contributed by atoms with Gasteiger partial charge in [-0.05, 0) is 19.3 Å². The van der Waals surface area contributed by atoms with E-state index in [1.165, 1.54) is 12.8 Å². The van der Waals surface area contributed by atoms with Crippen LogP contribution in [0.2, 0.25) is 5.02 Å². The molecule has 1 aromatic heterocycles. The third kappa shape index (κ3) is 2.18. The Balaban J connectivity index is 1.94. The Labute approximate surface area is 95.8 Å². The molecule has 15 heavy (non-hydrogen) atoms. The molecule has 4 heteroatoms. The molecule has 1 aliphatic rings. The van der Waals surface area contributed by atoms with Gasteiger partial charge in [0.25, 0.3) is 0 Å². The average Bonchev–Trinajstić information content (AvgIpc) is 2.91. The zero-order chi connectivity index (χ0) is 11.0. The van der Waals surface area contributed by atoms with Gasteiger partial charge in [-0.25, -0.2) is 0 Å². The Morgan fingerprint density at radius 1 is 1.60 bits per heavy atom. The van der Waals surface area contributed by atoms with E-state index in [9.17, 15) is 0 Å². The lowest BCUT2D eigenvalue weighted by molar-refractivity contribution is 0.589. The summed E-state index contributed by atoms with van der Waals surface area (Å²) < 4.78 is 1.87. The number of hydrogen-bond acceptors (Lipinski definition) is 2. The maximum absolute atomic E-state index is 6.16. The standard InChI is InChI=1S/C11H18ClN3/c1-4-8-5-9(8)13-6-10-11(12)7(2)14-15(10)3/h8-9,13H,4-6H2,1-3H3. The second-order valence-electron chi connectivity index (χ2n) is 4.36. The quantitative estimate of drug-likeness (QED) is 0.855. The minimum atomic E-state index is 0.696. The smallest absolute Gasteiger partial charge is 0.0860 e. The van der Waals surface area contributed by atoms with Gasteiger partial charge in [-0.1, -0.05) is 24.9 Å². The molecule has 0 spiro atoms. The van der Waals surface area contributed by atoms with Crippen molar-refractivity contribution in [3.8, 4) is 0 Å². The molecule has 2 rings (SSSR count). The first-order valence-electron chi connectivity index (χ1n) is 5.54. The predicted molar refractivity (Wildman–Crippen MR) is 62.0 cm³/mol. The highest BCUT2D eigenvalue weighted by Gasteiger charge is 2.34. The molecule has 0 amide bonds. The predicted octanol–water partition coefficient (Wildman–Crippen LogP) is 2.27. The van der Waals surface area contributed by atoms with E-state index in [-0.39, 0.29) is 0 Å². The van der Waals surface area contributed by atoms with Gasteiger partial charge in [0, 0.05) is 19.6 Å². The van der Waals surface area contributed by atoms with E-state index in [0.29, 0.717) is 6.04 Å². The van der Waals surface area contributed by atoms with Crippen LogP contribution < -0.4 is 5.32 Å². The molecule has 0 aliphatic heterocycles. The van der Waals surface area contributed by atoms with Crippen molar-refractivity contribution < 1.29 is 0 Å². The van der Waals surface area contributed by atoms with Gasteiger partial charge in [0.2, 0.25) is 0 Å². The lowest BCUT2D eigenvalue weighted by Gasteiger charge is -2.04. The molecule has 1 fully saturated rings. The van der Waals surface area contributed by atoms with Gasteiger partial charge < -0.3 is 5.32 Å². The molecular formula is C11H18ClN3. The van der Waals surface area contributed by atoms with Gasteiger partial charge in [-0.15, -0.1) is 0 Å². The fourth-order valence-corrected chi connectivity index (χ4v) is 2.28. The molecule has 1 aliphatic carbocycles. The topological polar surface area (TPSA) is 29.9 Å². The van der Waals surface area contributed by atoms with E-state index in [1.54, 1.807) is 0 Å². The number of hydrogen-bond donors (Lipinski definition) is 1. The molecule has 0 aromatic carbocycles. The second kappa shape index (κ2) is 4.14. The average molecular weight is 228 g/mol. The number of halogens is 1. The SMILES string of the molecule is CCC1CC1NCc1c(Cl)c(C)nn1C. The van der Waals surface area contributed by atoms with Crippen molar-refractivity contribution >= 4 is 11.6 Å². The van der Waals surface area contributed by atoms with Gasteiger partial charge in [0.05, 0.1) is 16.4 Å². The highest BCUT2D eigenvalue weighted by molar-refractivity contribution is 6.31. The molecule has 0 saturated heterocycles. The van der Waals surface area contributed by atoms with Crippen LogP contribution in [-0.2, 0) is 13.6 Å². The van der Waals surface area contributed by atoms with Crippen LogP contribution >= 0.6 is 11.6 Å². The van der Waals surface area contributed by atoms with Crippen LogP contribution in [0.25, 0.3) is 0 Å². The summed E-state index contributed by atoms with van der Waals surface area (Å²) in [5.74, 6) is 0.873. The molecule has 0 bridgehead atoms. The van der Waals surface area contributed by atoms with Crippen molar-refractivity contribution in [2.75, 3.05) is 0 Å². The summed E-state index contributed by atoms with van der Waals surface area (Å²) in [5, 5.41) is 8.62. The first-order chi connectivity index (χ1) is 7.13. The summed E-state index contributed by atoms with van der Waals surface area (Å²) in [5.41, 5.74) is 2.01. The molecular weight excluding hydrogens is 210 g/mol. The van der Waals surface area contributed by atoms with Crippen molar-refractivity contribution in [2.45, 2.75) is 39.3 Å². The summed E-state index contributed by atoms with van der Waals surface area (Å²) in [7, 11) is 1.94. The lowest BCUT2D eigenvalue weighted by atomic mass is 10.3. The number of aryl methyl sites for hydroxylation is 2. The number of aromatic nitrogens is 2. The molecule has 1 heterocycles. The summed E-state index contributed by atoms with van der Waals surface area (Å²) >= 11 is 6.16. The highest BCUT2D eigenvalue weighted by atomic mass is 35.5. The molecule has 84 valence electrons. The zero-order valence-corrected chi connectivity index (χ0v) is 10.3. The summed E-state index contributed by atoms with van der Waals surface area (Å²) in [4.78, 5) is 0. The third-order valence-corrected chi connectivity index (χ3v) is 3.73. The Morgan fingerprint density at radius 2 is 2.33 bits per heavy atom. The first-order valence-corrected chi connectivity index (χ1v) is 5.92. The second-order valence-corrected chi connectivity index (χ2v) is 4.74. The minimum absolute atomic E-state index is 0.696. The third-order valence-electron chi connectivity index (χ3n) is 3.24. The number of rotatable bonds is 4. The van der Waals surface area contributed by atoms with Crippen LogP contribution in [0, 0.1) is 12.8 Å². The van der Waals surface area contributed by atoms with Crippen molar-refractivity contribution in [1.82, 2.24) is 15.1 Å². The normalized spacial score (nSPS) is 24.5. The van der Waals surface area contributed by atoms with E-state index in [2.05, 4.69) is 17.3 Å². The Hall–Kier alpha value is -0.540. The fraction of sp³-hybridized carbons (Fsp3) is 0.727. The lowest BCUT2D eigenvalue weighted by Crippen LogP contribution is -2.19. The van der Waals surface area contributed by atoms with Gasteiger partial charge in [0.1, 0.15) is 0 Å². The zero-order valence-electron chi connectivity index (χ0n) is 9.55. The highest BCUT2D eigenvalue weighted by Crippen LogP contribution is 2.33. The van der Waals surface area contributed by atoms with Crippen LogP contribution in [0.5, 0.6) is 0 Å². The minimum Gasteiger partial charge on any atom is -0.308 e. The molecule has 1 saturated carbocycles. The van der Waals surface area contributed by atoms with E-state index >= 15 is 0 Å². The Morgan fingerprint density at radius 3 is 2.80 bits per heavy atom. The molecule has 1 N–H and O–H groups in total. The van der Waals surface area contributed by atoms with Crippen molar-refractivity contribution in [3.63, 3.8) is 0 Å². The molecule has 1 aromatic rings. The maximum atomic E-state index is 6.16. The fourth-order valence-electron chi connectivity index (χ4n) is 2.05. The van der Waals surface area contributed by atoms with Crippen LogP contribution in [0.1, 0.15) is 31.2 Å². The van der Waals surface area contributed by atoms with Gasteiger partial charge in [-0.2, -0.15) is 5.10 Å². The van der Waals surface area contributed by atoms with Crippen molar-refractivity contribution in [3.05, 3.63) is 16.4 Å². The van der Waals surface area contributed by atoms with Crippen LogP contribution in [0.4, 0.5) is 0 Å². The van der Waals surface area contributed by atoms with E-state index in [1.807, 2.05) is 18.7 Å². The van der Waals surface area contributed by atoms with Gasteiger partial charge >= 0.3 is 0 Å². The van der Waals surface area contributed by atoms with Crippen molar-refractivity contribution in [2.24, 2.45) is 13.0 Å². The summed E-state index contributed by atoms with van der Waals surface area (Å²) in [6.45, 7) is 5.02. The Kier molecular flexibility index (Phi) is 3.03. The first kappa shape index (κ1) is 11.0. The van der Waals surface area contributed by atoms with Gasteiger partial charge in [-0.3, -0.25) is 4.68 Å². The number of nitrogens with zero attached hydrogens (tertiary/aromatic N) is 2. The van der Waals surface area contributed by atoms with E-state index in [0.717, 1.165) is 28.9 Å². The molecule has 2 atom stereocenters. The van der Waals surface area contributed by atoms with Crippen LogP contribution in [-0.4, -0.2) is 15.8 Å². The molecule has 3 nitrogen and oxygen atoms in total. The number of nitrogens with one attached hydrogen (secondary N) is 1. The van der Waals surface area contributed by atoms with Crippen LogP contribution in [0.15, 0.2) is 0 Å². The monoisotopic (exact) mass is 227 g/mol.